The molecule has 2 aliphatic heterocycles. The third-order valence-corrected chi connectivity index (χ3v) is 9.56. The number of hydrogen-bond donors (Lipinski definition) is 1. The molecule has 1 aromatic carbocycles. The van der Waals surface area contributed by atoms with Crippen molar-refractivity contribution in [3.63, 3.8) is 0 Å². The number of hydrogen-bond acceptors (Lipinski definition) is 9. The second-order valence-electron chi connectivity index (χ2n) is 9.95. The summed E-state index contributed by atoms with van der Waals surface area (Å²) in [4.78, 5) is 24.8. The Labute approximate surface area is 233 Å². The maximum absolute atomic E-state index is 12.9. The number of benzene rings is 1. The van der Waals surface area contributed by atoms with Crippen LogP contribution in [0.4, 0.5) is 5.82 Å². The van der Waals surface area contributed by atoms with E-state index in [0.29, 0.717) is 55.4 Å². The van der Waals surface area contributed by atoms with E-state index in [1.807, 2.05) is 0 Å². The Kier molecular flexibility index (Phi) is 8.70. The monoisotopic (exact) mass is 573 g/mol. The Morgan fingerprint density at radius 2 is 1.77 bits per heavy atom. The molecule has 3 aromatic rings. The average Bonchev–Trinajstić information content (AvgIpc) is 3.36. The number of aromatic nitrogens is 4. The van der Waals surface area contributed by atoms with Crippen molar-refractivity contribution in [1.29, 1.82) is 0 Å². The number of fused-ring (bicyclic) bond motifs is 1. The number of anilines is 1. The van der Waals surface area contributed by atoms with Gasteiger partial charge in [0.25, 0.3) is 5.91 Å². The standard InChI is InChI=1S/C26H35N7O4S2/c1-19(2)38-26-29-23(31-14-16-37-17-15-31)22-18-28-33(24(22)30-26)13-10-27-25(34)20-6-8-21(9-7-20)39(35,36)32-11-4-3-5-12-32/h6-9,18-19H,3-5,10-17H2,1-2H3,(H,27,34). The Hall–Kier alpha value is -2.74. The summed E-state index contributed by atoms with van der Waals surface area (Å²) in [6.07, 6.45) is 4.60. The number of carbonyl (C=O) groups excluding carboxylic acids is 1. The first-order chi connectivity index (χ1) is 18.8. The highest BCUT2D eigenvalue weighted by Gasteiger charge is 2.26. The summed E-state index contributed by atoms with van der Waals surface area (Å²) in [7, 11) is -3.53. The van der Waals surface area contributed by atoms with E-state index in [-0.39, 0.29) is 10.8 Å². The number of thioether (sulfide) groups is 1. The van der Waals surface area contributed by atoms with E-state index in [2.05, 4.69) is 29.2 Å². The molecule has 2 aromatic heterocycles. The van der Waals surface area contributed by atoms with Gasteiger partial charge in [0.05, 0.1) is 36.2 Å². The van der Waals surface area contributed by atoms with Crippen LogP contribution in [0.2, 0.25) is 0 Å². The number of ether oxygens (including phenoxy) is 1. The van der Waals surface area contributed by atoms with Crippen LogP contribution in [0, 0.1) is 0 Å². The van der Waals surface area contributed by atoms with Gasteiger partial charge in [0.2, 0.25) is 10.0 Å². The Morgan fingerprint density at radius 3 is 2.46 bits per heavy atom. The molecule has 0 unspecified atom stereocenters. The predicted octanol–water partition coefficient (Wildman–Crippen LogP) is 2.77. The van der Waals surface area contributed by atoms with Crippen molar-refractivity contribution < 1.29 is 17.9 Å². The van der Waals surface area contributed by atoms with Crippen LogP contribution in [-0.4, -0.2) is 89.6 Å². The minimum absolute atomic E-state index is 0.217. The Balaban J connectivity index is 1.26. The van der Waals surface area contributed by atoms with Crippen molar-refractivity contribution in [2.45, 2.75) is 55.0 Å². The zero-order valence-electron chi connectivity index (χ0n) is 22.4. The topological polar surface area (TPSA) is 123 Å². The molecule has 2 fully saturated rings. The van der Waals surface area contributed by atoms with E-state index in [9.17, 15) is 13.2 Å². The molecule has 0 bridgehead atoms. The number of piperidine rings is 1. The summed E-state index contributed by atoms with van der Waals surface area (Å²) in [5.41, 5.74) is 1.14. The highest BCUT2D eigenvalue weighted by Crippen LogP contribution is 2.29. The lowest BCUT2D eigenvalue weighted by Crippen LogP contribution is -2.37. The molecule has 0 saturated carbocycles. The molecular formula is C26H35N7O4S2. The van der Waals surface area contributed by atoms with Crippen molar-refractivity contribution in [3.05, 3.63) is 36.0 Å². The first kappa shape index (κ1) is 27.8. The molecular weight excluding hydrogens is 538 g/mol. The maximum atomic E-state index is 12.9. The zero-order chi connectivity index (χ0) is 27.4. The molecule has 0 aliphatic carbocycles. The minimum Gasteiger partial charge on any atom is -0.378 e. The Morgan fingerprint density at radius 1 is 1.05 bits per heavy atom. The van der Waals surface area contributed by atoms with Crippen molar-refractivity contribution in [2.24, 2.45) is 0 Å². The van der Waals surface area contributed by atoms with Gasteiger partial charge in [-0.25, -0.2) is 23.1 Å². The molecule has 4 heterocycles. The number of rotatable bonds is 9. The van der Waals surface area contributed by atoms with Gasteiger partial charge in [0, 0.05) is 43.5 Å². The first-order valence-corrected chi connectivity index (χ1v) is 15.8. The Bertz CT molecular complexity index is 1400. The molecule has 2 aliphatic rings. The van der Waals surface area contributed by atoms with Crippen molar-refractivity contribution in [3.8, 4) is 0 Å². The van der Waals surface area contributed by atoms with Crippen LogP contribution in [0.5, 0.6) is 0 Å². The smallest absolute Gasteiger partial charge is 0.251 e. The minimum atomic E-state index is -3.53. The largest absolute Gasteiger partial charge is 0.378 e. The summed E-state index contributed by atoms with van der Waals surface area (Å²) in [5.74, 6) is 0.592. The van der Waals surface area contributed by atoms with Gasteiger partial charge in [-0.3, -0.25) is 4.79 Å². The zero-order valence-corrected chi connectivity index (χ0v) is 24.0. The molecule has 0 radical (unpaired) electrons. The first-order valence-electron chi connectivity index (χ1n) is 13.4. The summed E-state index contributed by atoms with van der Waals surface area (Å²) < 4.78 is 34.6. The number of amides is 1. The predicted molar refractivity (Wildman–Crippen MR) is 151 cm³/mol. The number of carbonyl (C=O) groups is 1. The SMILES string of the molecule is CC(C)Sc1nc(N2CCOCC2)c2cnn(CCNC(=O)c3ccc(S(=O)(=O)N4CCCCC4)cc3)c2n1. The van der Waals surface area contributed by atoms with E-state index in [1.165, 1.54) is 16.4 Å². The summed E-state index contributed by atoms with van der Waals surface area (Å²) in [6.45, 7) is 8.91. The van der Waals surface area contributed by atoms with Crippen molar-refractivity contribution in [2.75, 3.05) is 50.8 Å². The van der Waals surface area contributed by atoms with Crippen molar-refractivity contribution in [1.82, 2.24) is 29.4 Å². The van der Waals surface area contributed by atoms with Gasteiger partial charge in [-0.05, 0) is 37.1 Å². The van der Waals surface area contributed by atoms with Gasteiger partial charge >= 0.3 is 0 Å². The number of sulfonamides is 1. The third-order valence-electron chi connectivity index (χ3n) is 6.79. The van der Waals surface area contributed by atoms with Crippen LogP contribution in [-0.2, 0) is 21.3 Å². The average molecular weight is 574 g/mol. The fourth-order valence-corrected chi connectivity index (χ4v) is 6.99. The van der Waals surface area contributed by atoms with Crippen LogP contribution in [0.3, 0.4) is 0 Å². The lowest BCUT2D eigenvalue weighted by molar-refractivity contribution is 0.0952. The van der Waals surface area contributed by atoms with E-state index in [4.69, 9.17) is 14.7 Å². The lowest BCUT2D eigenvalue weighted by atomic mass is 10.2. The van der Waals surface area contributed by atoms with Crippen LogP contribution >= 0.6 is 11.8 Å². The second-order valence-corrected chi connectivity index (χ2v) is 13.4. The molecule has 210 valence electrons. The normalized spacial score (nSPS) is 17.2. The van der Waals surface area contributed by atoms with Crippen LogP contribution in [0.15, 0.2) is 40.5 Å². The highest BCUT2D eigenvalue weighted by atomic mass is 32.2. The van der Waals surface area contributed by atoms with Crippen LogP contribution < -0.4 is 10.2 Å². The number of morpholine rings is 1. The van der Waals surface area contributed by atoms with E-state index >= 15 is 0 Å². The van der Waals surface area contributed by atoms with Crippen LogP contribution in [0.1, 0.15) is 43.5 Å². The van der Waals surface area contributed by atoms with Gasteiger partial charge in [-0.1, -0.05) is 32.0 Å². The van der Waals surface area contributed by atoms with Crippen molar-refractivity contribution >= 4 is 44.5 Å². The van der Waals surface area contributed by atoms with E-state index < -0.39 is 10.0 Å². The number of nitrogens with zero attached hydrogens (tertiary/aromatic N) is 6. The maximum Gasteiger partial charge on any atom is 0.251 e. The van der Waals surface area contributed by atoms with Gasteiger partial charge in [0.1, 0.15) is 5.82 Å². The fraction of sp³-hybridized carbons (Fsp3) is 0.538. The lowest BCUT2D eigenvalue weighted by Gasteiger charge is -2.28. The second kappa shape index (κ2) is 12.2. The molecule has 1 N–H and O–H groups in total. The number of nitrogens with one attached hydrogen (secondary N) is 1. The van der Waals surface area contributed by atoms with Gasteiger partial charge in [-0.2, -0.15) is 9.40 Å². The third kappa shape index (κ3) is 6.37. The molecule has 11 nitrogen and oxygen atoms in total. The molecule has 39 heavy (non-hydrogen) atoms. The molecule has 2 saturated heterocycles. The molecule has 0 atom stereocenters. The molecule has 5 rings (SSSR count). The molecule has 1 amide bonds. The molecule has 0 spiro atoms. The highest BCUT2D eigenvalue weighted by molar-refractivity contribution is 7.99. The van der Waals surface area contributed by atoms with Gasteiger partial charge in [0.15, 0.2) is 10.8 Å². The molecule has 13 heteroatoms. The van der Waals surface area contributed by atoms with Gasteiger partial charge < -0.3 is 15.0 Å². The summed E-state index contributed by atoms with van der Waals surface area (Å²) in [5, 5.41) is 9.37. The van der Waals surface area contributed by atoms with Crippen LogP contribution in [0.25, 0.3) is 11.0 Å². The van der Waals surface area contributed by atoms with Gasteiger partial charge in [-0.15, -0.1) is 0 Å². The summed E-state index contributed by atoms with van der Waals surface area (Å²) >= 11 is 1.60. The fourth-order valence-electron chi connectivity index (χ4n) is 4.77. The van der Waals surface area contributed by atoms with E-state index in [1.54, 1.807) is 34.8 Å². The summed E-state index contributed by atoms with van der Waals surface area (Å²) in [6, 6.07) is 6.15. The quantitative estimate of drug-likeness (QED) is 0.304. The van der Waals surface area contributed by atoms with E-state index in [0.717, 1.165) is 49.2 Å².